The molecule has 98 heavy (non-hydrogen) atoms. The molecule has 4 nitrogen and oxygen atoms in total. The molecular formula is C92H126N4Si2. The summed E-state index contributed by atoms with van der Waals surface area (Å²) in [7, 11) is -4.86. The topological polar surface area (TPSA) is 63.2 Å². The summed E-state index contributed by atoms with van der Waals surface area (Å²) in [6, 6.07) is 54.8. The molecule has 0 radical (unpaired) electrons. The number of H-pyrrole nitrogens is 4. The van der Waals surface area contributed by atoms with Gasteiger partial charge in [-0.25, -0.2) is 0 Å². The molecule has 7 heterocycles. The second-order valence-corrected chi connectivity index (χ2v) is 40.6. The van der Waals surface area contributed by atoms with Crippen LogP contribution in [0.2, 0.25) is 22.2 Å². The van der Waals surface area contributed by atoms with Gasteiger partial charge in [-0.1, -0.05) is 353 Å². The zero-order chi connectivity index (χ0) is 68.0. The Bertz CT molecular complexity index is 4110. The molecular weight excluding hydrogens is 1220 g/mol. The van der Waals surface area contributed by atoms with E-state index in [0.29, 0.717) is 17.0 Å². The van der Waals surface area contributed by atoms with Gasteiger partial charge in [0.1, 0.15) is 16.1 Å². The molecule has 8 aromatic rings. The summed E-state index contributed by atoms with van der Waals surface area (Å²) < 4.78 is 0. The van der Waals surface area contributed by atoms with Gasteiger partial charge >= 0.3 is 0 Å². The molecule has 0 spiro atoms. The maximum Gasteiger partial charge on any atom is 0.126 e. The van der Waals surface area contributed by atoms with Gasteiger partial charge in [-0.05, 0) is 155 Å². The summed E-state index contributed by atoms with van der Waals surface area (Å²) in [6.07, 6.45) is 46.2. The van der Waals surface area contributed by atoms with E-state index >= 15 is 0 Å². The summed E-state index contributed by atoms with van der Waals surface area (Å²) in [5, 5.41) is 11.7. The standard InChI is InChI=1S/C92H126N4Si2/c1-10-17-21-25-29-40-72(37-14-5)97(73(38-15-6)41-30-26-22-18-11-2)87-46-35-33-43-75(87)77-54-50-68(63-89(77)97)91-82-56-52-70(93-82)65-71-53-57-83(94-71)92(85-61-59-81(96-85)79(62-66(8)9)80-58-60-84(91)95-80)69-51-55-78-76-44-34-36-47-88(76)98(90(78)64-69,74(39-16-7)42-31-27-23-19-12-3)86(67-48-49-67)45-32-28-24-20-13-4/h33-36,43-44,46-47,50-61,63-67,72-74,86,93-96H,10-32,37-42,45,48-49,62H2,1-9H3. The number of aromatic nitrogens is 4. The third-order valence-corrected chi connectivity index (χ3v) is 37.3. The Labute approximate surface area is 595 Å². The van der Waals surface area contributed by atoms with Crippen molar-refractivity contribution >= 4 is 59.7 Å². The summed E-state index contributed by atoms with van der Waals surface area (Å²) in [6.45, 7) is 21.8. The fraction of sp³-hybridized carbons (Fsp3) is 0.522. The number of nitrogens with one attached hydrogen (secondary N) is 4. The maximum atomic E-state index is 4.24. The molecule has 8 bridgehead atoms. The lowest BCUT2D eigenvalue weighted by Gasteiger charge is -2.45. The Balaban J connectivity index is 1.03. The van der Waals surface area contributed by atoms with Crippen LogP contribution in [-0.2, 0) is 0 Å². The van der Waals surface area contributed by atoms with Crippen molar-refractivity contribution in [2.24, 2.45) is 11.8 Å². The second kappa shape index (κ2) is 34.1. The van der Waals surface area contributed by atoms with Crippen molar-refractivity contribution < 1.29 is 0 Å². The quantitative estimate of drug-likeness (QED) is 0.0219. The molecule has 3 aliphatic heterocycles. The van der Waals surface area contributed by atoms with Gasteiger partial charge in [0.15, 0.2) is 0 Å². The van der Waals surface area contributed by atoms with E-state index in [4.69, 9.17) is 0 Å². The van der Waals surface area contributed by atoms with Gasteiger partial charge in [-0.3, -0.25) is 0 Å². The van der Waals surface area contributed by atoms with Crippen LogP contribution in [0.4, 0.5) is 0 Å². The van der Waals surface area contributed by atoms with Crippen LogP contribution >= 0.6 is 0 Å². The van der Waals surface area contributed by atoms with Gasteiger partial charge in [0.25, 0.3) is 0 Å². The number of benzene rings is 4. The van der Waals surface area contributed by atoms with Gasteiger partial charge in [0.2, 0.25) is 0 Å². The average molecular weight is 1340 g/mol. The summed E-state index contributed by atoms with van der Waals surface area (Å²) in [5.41, 5.74) is 20.2. The van der Waals surface area contributed by atoms with Gasteiger partial charge in [-0.15, -0.1) is 0 Å². The molecule has 1 aliphatic carbocycles. The summed E-state index contributed by atoms with van der Waals surface area (Å²) >= 11 is 0. The Morgan fingerprint density at radius 2 is 0.796 bits per heavy atom. The van der Waals surface area contributed by atoms with Crippen LogP contribution in [-0.4, -0.2) is 36.1 Å². The van der Waals surface area contributed by atoms with Gasteiger partial charge < -0.3 is 19.9 Å². The van der Waals surface area contributed by atoms with Crippen LogP contribution in [0, 0.1) is 11.8 Å². The fourth-order valence-corrected chi connectivity index (χ4v) is 35.5. The molecule has 0 saturated heterocycles. The van der Waals surface area contributed by atoms with Crippen LogP contribution in [0.3, 0.4) is 0 Å². The predicted molar refractivity (Wildman–Crippen MR) is 430 cm³/mol. The number of aromatic amines is 4. The summed E-state index contributed by atoms with van der Waals surface area (Å²) in [4.78, 5) is 16.7. The molecule has 12 rings (SSSR count). The van der Waals surface area contributed by atoms with Crippen LogP contribution in [0.25, 0.3) is 45.0 Å². The monoisotopic (exact) mass is 1340 g/mol. The minimum absolute atomic E-state index is 0.445. The molecule has 1 saturated carbocycles. The molecule has 0 amide bonds. The Morgan fingerprint density at radius 1 is 0.357 bits per heavy atom. The van der Waals surface area contributed by atoms with Crippen molar-refractivity contribution in [3.8, 4) is 22.3 Å². The van der Waals surface area contributed by atoms with E-state index in [0.717, 1.165) is 40.2 Å². The number of unbranched alkanes of at least 4 members (excludes halogenated alkanes) is 16. The Kier molecular flexibility index (Phi) is 24.9. The first kappa shape index (κ1) is 71.7. The first-order valence-electron chi connectivity index (χ1n) is 40.9. The van der Waals surface area contributed by atoms with Crippen LogP contribution < -0.4 is 42.1 Å². The third kappa shape index (κ3) is 15.0. The Morgan fingerprint density at radius 3 is 1.33 bits per heavy atom. The Hall–Kier alpha value is -6.09. The zero-order valence-electron chi connectivity index (χ0n) is 62.6. The molecule has 522 valence electrons. The molecule has 4 aliphatic rings. The fourth-order valence-electron chi connectivity index (χ4n) is 20.1. The second-order valence-electron chi connectivity index (χ2n) is 31.8. The summed E-state index contributed by atoms with van der Waals surface area (Å²) in [5.74, 6) is 1.28. The molecule has 4 N–H and O–H groups in total. The first-order chi connectivity index (χ1) is 48.2. The zero-order valence-corrected chi connectivity index (χ0v) is 64.6. The molecule has 6 heteroatoms. The number of fused-ring (bicyclic) bond motifs is 14. The van der Waals surface area contributed by atoms with Crippen molar-refractivity contribution in [3.05, 3.63) is 189 Å². The van der Waals surface area contributed by atoms with Gasteiger partial charge in [-0.2, -0.15) is 0 Å². The van der Waals surface area contributed by atoms with Crippen LogP contribution in [0.5, 0.6) is 0 Å². The highest BCUT2D eigenvalue weighted by molar-refractivity contribution is 7.08. The van der Waals surface area contributed by atoms with Crippen molar-refractivity contribution in [2.45, 2.75) is 296 Å². The lowest BCUT2D eigenvalue weighted by atomic mass is 9.98. The number of hydrogen-bond acceptors (Lipinski definition) is 0. The van der Waals surface area contributed by atoms with E-state index in [9.17, 15) is 0 Å². The highest BCUT2D eigenvalue weighted by Gasteiger charge is 2.59. The van der Waals surface area contributed by atoms with E-state index < -0.39 is 16.1 Å². The number of rotatable bonds is 39. The number of hydrogen-bond donors (Lipinski definition) is 4. The first-order valence-corrected chi connectivity index (χ1v) is 45.2. The van der Waals surface area contributed by atoms with E-state index in [1.165, 1.54) is 272 Å². The molecule has 1 fully saturated rings. The molecule has 4 aromatic carbocycles. The molecule has 5 atom stereocenters. The van der Waals surface area contributed by atoms with E-state index in [-0.39, 0.29) is 0 Å². The SMILES string of the molecule is CCCCCCCC(CCC)[Si]1(C(CCC)CCCCCCC)c2ccccc2-c2ccc(C3=c4ccc([nH]4)=C(CC(C)C)c4ccc([nH]4)C(c4ccc5c(c4)[Si](C(CCC)CCCCCCC)(C(CCCCCCC)C4CC4)c4ccccc4-5)=c4ccc([nH]4)=Cc4ccc3[nH]4)cc21. The highest BCUT2D eigenvalue weighted by Crippen LogP contribution is 2.57. The maximum absolute atomic E-state index is 4.24. The highest BCUT2D eigenvalue weighted by atomic mass is 28.3. The molecule has 4 aromatic heterocycles. The van der Waals surface area contributed by atoms with Crippen LogP contribution in [0.1, 0.15) is 308 Å². The van der Waals surface area contributed by atoms with Crippen molar-refractivity contribution in [1.29, 1.82) is 0 Å². The van der Waals surface area contributed by atoms with Crippen molar-refractivity contribution in [1.82, 2.24) is 19.9 Å². The molecule has 5 unspecified atom stereocenters. The van der Waals surface area contributed by atoms with E-state index in [2.05, 4.69) is 222 Å². The van der Waals surface area contributed by atoms with Crippen molar-refractivity contribution in [3.63, 3.8) is 0 Å². The largest absolute Gasteiger partial charge is 0.355 e. The van der Waals surface area contributed by atoms with Crippen LogP contribution in [0.15, 0.2) is 133 Å². The van der Waals surface area contributed by atoms with Gasteiger partial charge in [0.05, 0.1) is 0 Å². The lowest BCUT2D eigenvalue weighted by Crippen LogP contribution is -2.63. The average Bonchev–Trinajstić information content (AvgIpc) is 1.53. The lowest BCUT2D eigenvalue weighted by molar-refractivity contribution is 0.529. The van der Waals surface area contributed by atoms with E-state index in [1.807, 2.05) is 0 Å². The minimum atomic E-state index is -2.44. The van der Waals surface area contributed by atoms with Crippen molar-refractivity contribution in [2.75, 3.05) is 0 Å². The minimum Gasteiger partial charge on any atom is -0.355 e. The smallest absolute Gasteiger partial charge is 0.126 e. The normalized spacial score (nSPS) is 18.2. The van der Waals surface area contributed by atoms with E-state index in [1.54, 1.807) is 31.9 Å². The predicted octanol–water partition coefficient (Wildman–Crippen LogP) is 21.7. The van der Waals surface area contributed by atoms with Gasteiger partial charge in [0, 0.05) is 55.3 Å². The third-order valence-electron chi connectivity index (χ3n) is 24.5.